The molecule has 2 aromatic rings. The highest BCUT2D eigenvalue weighted by Crippen LogP contribution is 2.24. The highest BCUT2D eigenvalue weighted by Gasteiger charge is 2.32. The maximum Gasteiger partial charge on any atom is 0.251 e. The molecule has 0 aliphatic carbocycles. The Balaban J connectivity index is 1.85. The van der Waals surface area contributed by atoms with Crippen molar-refractivity contribution in [2.45, 2.75) is 53.5 Å². The van der Waals surface area contributed by atoms with Crippen LogP contribution in [0.15, 0.2) is 6.07 Å². The lowest BCUT2D eigenvalue weighted by atomic mass is 10.1. The summed E-state index contributed by atoms with van der Waals surface area (Å²) in [5.41, 5.74) is 10.3. The van der Waals surface area contributed by atoms with Crippen molar-refractivity contribution in [3.63, 3.8) is 0 Å². The lowest BCUT2D eigenvalue weighted by molar-refractivity contribution is -0.131. The highest BCUT2D eigenvalue weighted by atomic mass is 16.2. The normalized spacial score (nSPS) is 20.0. The molecule has 1 fully saturated rings. The van der Waals surface area contributed by atoms with E-state index in [0.29, 0.717) is 24.8 Å². The first-order valence-corrected chi connectivity index (χ1v) is 9.17. The molecular formula is C19H28N6O. The second kappa shape index (κ2) is 7.15. The molecule has 0 spiro atoms. The minimum Gasteiger partial charge on any atom is -0.339 e. The van der Waals surface area contributed by atoms with Crippen molar-refractivity contribution >= 4 is 5.91 Å². The standard InChI is InChI=1S/C19H28N6O/c1-11-6-12(2)22-19(21-11)25-15(5)17(14(4)23-25)8-18(26)24-10-16(9-20)7-13(24)3/h6,13,16H,7-10,20H2,1-5H3. The molecule has 7 nitrogen and oxygen atoms in total. The lowest BCUT2D eigenvalue weighted by Gasteiger charge is -2.21. The zero-order chi connectivity index (χ0) is 19.0. The molecule has 1 saturated heterocycles. The number of hydrogen-bond donors (Lipinski definition) is 1. The molecule has 2 atom stereocenters. The first-order valence-electron chi connectivity index (χ1n) is 9.17. The quantitative estimate of drug-likeness (QED) is 0.899. The van der Waals surface area contributed by atoms with Crippen molar-refractivity contribution < 1.29 is 4.79 Å². The van der Waals surface area contributed by atoms with Crippen LogP contribution < -0.4 is 5.73 Å². The number of aryl methyl sites for hydroxylation is 3. The van der Waals surface area contributed by atoms with Crippen LogP contribution in [0.4, 0.5) is 0 Å². The number of aromatic nitrogens is 4. The average molecular weight is 356 g/mol. The average Bonchev–Trinajstić information content (AvgIpc) is 3.08. The number of rotatable bonds is 4. The van der Waals surface area contributed by atoms with E-state index in [9.17, 15) is 4.79 Å². The first-order chi connectivity index (χ1) is 12.3. The fourth-order valence-corrected chi connectivity index (χ4v) is 3.84. The van der Waals surface area contributed by atoms with E-state index >= 15 is 0 Å². The fraction of sp³-hybridized carbons (Fsp3) is 0.579. The van der Waals surface area contributed by atoms with Crippen LogP contribution in [0.25, 0.3) is 5.95 Å². The Bertz CT molecular complexity index is 807. The Labute approximate surface area is 154 Å². The zero-order valence-corrected chi connectivity index (χ0v) is 16.3. The van der Waals surface area contributed by atoms with Gasteiger partial charge in [0.15, 0.2) is 0 Å². The minimum atomic E-state index is 0.139. The van der Waals surface area contributed by atoms with Crippen LogP contribution in [0.2, 0.25) is 0 Å². The van der Waals surface area contributed by atoms with Gasteiger partial charge in [0.2, 0.25) is 5.91 Å². The van der Waals surface area contributed by atoms with E-state index in [1.54, 1.807) is 4.68 Å². The van der Waals surface area contributed by atoms with E-state index in [2.05, 4.69) is 22.0 Å². The number of nitrogens with two attached hydrogens (primary N) is 1. The van der Waals surface area contributed by atoms with Gasteiger partial charge in [-0.05, 0) is 59.6 Å². The monoisotopic (exact) mass is 356 g/mol. The van der Waals surface area contributed by atoms with E-state index in [4.69, 9.17) is 5.73 Å². The Morgan fingerprint density at radius 2 is 1.88 bits per heavy atom. The Morgan fingerprint density at radius 3 is 2.46 bits per heavy atom. The van der Waals surface area contributed by atoms with Crippen LogP contribution in [0, 0.1) is 33.6 Å². The molecule has 0 radical (unpaired) electrons. The van der Waals surface area contributed by atoms with Crippen LogP contribution in [0.1, 0.15) is 41.7 Å². The van der Waals surface area contributed by atoms with Crippen molar-refractivity contribution in [3.05, 3.63) is 34.4 Å². The largest absolute Gasteiger partial charge is 0.339 e. The zero-order valence-electron chi connectivity index (χ0n) is 16.3. The van der Waals surface area contributed by atoms with Crippen LogP contribution in [0.5, 0.6) is 0 Å². The van der Waals surface area contributed by atoms with Crippen molar-refractivity contribution in [2.75, 3.05) is 13.1 Å². The van der Waals surface area contributed by atoms with Crippen LogP contribution in [-0.4, -0.2) is 49.7 Å². The Morgan fingerprint density at radius 1 is 1.23 bits per heavy atom. The number of amides is 1. The van der Waals surface area contributed by atoms with Crippen LogP contribution >= 0.6 is 0 Å². The lowest BCUT2D eigenvalue weighted by Crippen LogP contribution is -2.35. The van der Waals surface area contributed by atoms with Crippen molar-refractivity contribution in [3.8, 4) is 5.95 Å². The van der Waals surface area contributed by atoms with E-state index in [0.717, 1.165) is 41.3 Å². The van der Waals surface area contributed by atoms with Crippen molar-refractivity contribution in [1.29, 1.82) is 0 Å². The number of hydrogen-bond acceptors (Lipinski definition) is 5. The van der Waals surface area contributed by atoms with Gasteiger partial charge in [-0.3, -0.25) is 4.79 Å². The van der Waals surface area contributed by atoms with E-state index in [-0.39, 0.29) is 11.9 Å². The van der Waals surface area contributed by atoms with Gasteiger partial charge in [0.25, 0.3) is 5.95 Å². The van der Waals surface area contributed by atoms with Gasteiger partial charge >= 0.3 is 0 Å². The molecule has 140 valence electrons. The molecule has 0 bridgehead atoms. The van der Waals surface area contributed by atoms with E-state index in [1.165, 1.54) is 0 Å². The Kier molecular flexibility index (Phi) is 5.09. The second-order valence-electron chi connectivity index (χ2n) is 7.42. The fourth-order valence-electron chi connectivity index (χ4n) is 3.84. The molecular weight excluding hydrogens is 328 g/mol. The second-order valence-corrected chi connectivity index (χ2v) is 7.42. The molecule has 26 heavy (non-hydrogen) atoms. The predicted octanol–water partition coefficient (Wildman–Crippen LogP) is 1.63. The third kappa shape index (κ3) is 3.49. The van der Waals surface area contributed by atoms with Gasteiger partial charge < -0.3 is 10.6 Å². The summed E-state index contributed by atoms with van der Waals surface area (Å²) in [6, 6.07) is 2.18. The molecule has 1 aliphatic heterocycles. The van der Waals surface area contributed by atoms with Crippen LogP contribution in [-0.2, 0) is 11.2 Å². The maximum absolute atomic E-state index is 12.9. The minimum absolute atomic E-state index is 0.139. The molecule has 0 aromatic carbocycles. The summed E-state index contributed by atoms with van der Waals surface area (Å²) in [6.45, 7) is 11.3. The smallest absolute Gasteiger partial charge is 0.251 e. The molecule has 1 amide bonds. The maximum atomic E-state index is 12.9. The van der Waals surface area contributed by atoms with E-state index < -0.39 is 0 Å². The molecule has 2 N–H and O–H groups in total. The molecule has 7 heteroatoms. The number of likely N-dealkylation sites (tertiary alicyclic amines) is 1. The summed E-state index contributed by atoms with van der Waals surface area (Å²) < 4.78 is 1.74. The summed E-state index contributed by atoms with van der Waals surface area (Å²) in [5.74, 6) is 1.10. The van der Waals surface area contributed by atoms with Crippen LogP contribution in [0.3, 0.4) is 0 Å². The van der Waals surface area contributed by atoms with Crippen molar-refractivity contribution in [2.24, 2.45) is 11.7 Å². The number of nitrogens with zero attached hydrogens (tertiary/aromatic N) is 5. The van der Waals surface area contributed by atoms with Gasteiger partial charge in [-0.2, -0.15) is 5.10 Å². The van der Waals surface area contributed by atoms with Gasteiger partial charge in [-0.15, -0.1) is 0 Å². The van der Waals surface area contributed by atoms with Gasteiger partial charge in [0, 0.05) is 35.2 Å². The van der Waals surface area contributed by atoms with Gasteiger partial charge in [0.1, 0.15) is 0 Å². The summed E-state index contributed by atoms with van der Waals surface area (Å²) in [6.07, 6.45) is 1.33. The van der Waals surface area contributed by atoms with Gasteiger partial charge in [-0.25, -0.2) is 14.6 Å². The summed E-state index contributed by atoms with van der Waals surface area (Å²) >= 11 is 0. The summed E-state index contributed by atoms with van der Waals surface area (Å²) in [5, 5.41) is 4.59. The molecule has 3 rings (SSSR count). The van der Waals surface area contributed by atoms with Gasteiger partial charge in [-0.1, -0.05) is 0 Å². The number of carbonyl (C=O) groups excluding carboxylic acids is 1. The molecule has 0 saturated carbocycles. The number of carbonyl (C=O) groups is 1. The highest BCUT2D eigenvalue weighted by molar-refractivity contribution is 5.80. The summed E-state index contributed by atoms with van der Waals surface area (Å²) in [4.78, 5) is 23.8. The third-order valence-electron chi connectivity index (χ3n) is 5.24. The summed E-state index contributed by atoms with van der Waals surface area (Å²) in [7, 11) is 0. The Hall–Kier alpha value is -2.28. The predicted molar refractivity (Wildman–Crippen MR) is 100 cm³/mol. The van der Waals surface area contributed by atoms with Crippen molar-refractivity contribution in [1.82, 2.24) is 24.6 Å². The SMILES string of the molecule is Cc1cc(C)nc(-n2nc(C)c(CC(=O)N3CC(CN)CC3C)c2C)n1. The molecule has 1 aliphatic rings. The molecule has 2 unspecified atom stereocenters. The molecule has 3 heterocycles. The molecule has 2 aromatic heterocycles. The topological polar surface area (TPSA) is 89.9 Å². The first kappa shape index (κ1) is 18.5. The van der Waals surface area contributed by atoms with E-state index in [1.807, 2.05) is 38.7 Å². The van der Waals surface area contributed by atoms with Gasteiger partial charge in [0.05, 0.1) is 12.1 Å². The third-order valence-corrected chi connectivity index (χ3v) is 5.24.